The molecule has 0 bridgehead atoms. The fraction of sp³-hybridized carbons (Fsp3) is 0.812. The summed E-state index contributed by atoms with van der Waals surface area (Å²) in [4.78, 5) is 11.4. The average molecular weight is 269 g/mol. The molecule has 19 heavy (non-hydrogen) atoms. The SMILES string of the molecule is CCCCCCC(C(=O)O)=C(CCN)CCCCC. The molecular weight excluding hydrogens is 238 g/mol. The number of rotatable bonds is 12. The van der Waals surface area contributed by atoms with Crippen molar-refractivity contribution in [2.45, 2.75) is 78.1 Å². The fourth-order valence-electron chi connectivity index (χ4n) is 2.35. The number of aliphatic carboxylic acids is 1. The van der Waals surface area contributed by atoms with Crippen LogP contribution in [0.3, 0.4) is 0 Å². The van der Waals surface area contributed by atoms with E-state index in [0.29, 0.717) is 18.5 Å². The second kappa shape index (κ2) is 12.2. The molecule has 0 aliphatic heterocycles. The molecule has 0 aromatic heterocycles. The molecule has 0 atom stereocenters. The van der Waals surface area contributed by atoms with E-state index >= 15 is 0 Å². The maximum Gasteiger partial charge on any atom is 0.331 e. The minimum atomic E-state index is -0.739. The minimum absolute atomic E-state index is 0.549. The average Bonchev–Trinajstić information content (AvgIpc) is 2.38. The number of nitrogens with two attached hydrogens (primary N) is 1. The molecule has 0 saturated carbocycles. The zero-order valence-electron chi connectivity index (χ0n) is 12.7. The third-order valence-corrected chi connectivity index (χ3v) is 3.49. The van der Waals surface area contributed by atoms with Gasteiger partial charge in [0.2, 0.25) is 0 Å². The van der Waals surface area contributed by atoms with E-state index in [4.69, 9.17) is 5.73 Å². The molecule has 0 aliphatic rings. The summed E-state index contributed by atoms with van der Waals surface area (Å²) in [6, 6.07) is 0. The van der Waals surface area contributed by atoms with Crippen molar-refractivity contribution in [3.63, 3.8) is 0 Å². The molecule has 112 valence electrons. The zero-order valence-corrected chi connectivity index (χ0v) is 12.7. The van der Waals surface area contributed by atoms with Gasteiger partial charge in [-0.05, 0) is 38.6 Å². The normalized spacial score (nSPS) is 12.4. The molecule has 0 aromatic rings. The van der Waals surface area contributed by atoms with Crippen LogP contribution in [0, 0.1) is 0 Å². The largest absolute Gasteiger partial charge is 0.478 e. The molecule has 0 unspecified atom stereocenters. The van der Waals surface area contributed by atoms with Crippen molar-refractivity contribution in [3.8, 4) is 0 Å². The Hall–Kier alpha value is -0.830. The second-order valence-corrected chi connectivity index (χ2v) is 5.19. The lowest BCUT2D eigenvalue weighted by atomic mass is 9.95. The van der Waals surface area contributed by atoms with E-state index < -0.39 is 5.97 Å². The number of carboxylic acid groups (broad SMARTS) is 1. The topological polar surface area (TPSA) is 63.3 Å². The summed E-state index contributed by atoms with van der Waals surface area (Å²) < 4.78 is 0. The lowest BCUT2D eigenvalue weighted by molar-refractivity contribution is -0.132. The van der Waals surface area contributed by atoms with E-state index in [9.17, 15) is 9.90 Å². The monoisotopic (exact) mass is 269 g/mol. The highest BCUT2D eigenvalue weighted by atomic mass is 16.4. The van der Waals surface area contributed by atoms with Crippen molar-refractivity contribution >= 4 is 5.97 Å². The summed E-state index contributed by atoms with van der Waals surface area (Å²) in [5.41, 5.74) is 7.34. The Morgan fingerprint density at radius 3 is 2.00 bits per heavy atom. The van der Waals surface area contributed by atoms with Gasteiger partial charge in [-0.1, -0.05) is 51.5 Å². The quantitative estimate of drug-likeness (QED) is 0.411. The number of hydrogen-bond acceptors (Lipinski definition) is 2. The van der Waals surface area contributed by atoms with Gasteiger partial charge >= 0.3 is 5.97 Å². The first kappa shape index (κ1) is 18.2. The van der Waals surface area contributed by atoms with Crippen molar-refractivity contribution in [1.82, 2.24) is 0 Å². The number of hydrogen-bond donors (Lipinski definition) is 2. The molecule has 0 radical (unpaired) electrons. The number of carbonyl (C=O) groups is 1. The van der Waals surface area contributed by atoms with Gasteiger partial charge in [0.15, 0.2) is 0 Å². The first-order chi connectivity index (χ1) is 9.17. The Labute approximate surface area is 118 Å². The van der Waals surface area contributed by atoms with E-state index in [2.05, 4.69) is 13.8 Å². The Morgan fingerprint density at radius 2 is 1.47 bits per heavy atom. The summed E-state index contributed by atoms with van der Waals surface area (Å²) in [5, 5.41) is 9.38. The standard InChI is InChI=1S/C16H31NO2/c1-3-5-7-9-11-15(16(18)19)14(12-13-17)10-8-6-4-2/h3-13,17H2,1-2H3,(H,18,19). The van der Waals surface area contributed by atoms with Crippen molar-refractivity contribution in [2.24, 2.45) is 5.73 Å². The van der Waals surface area contributed by atoms with Crippen molar-refractivity contribution < 1.29 is 9.90 Å². The van der Waals surface area contributed by atoms with Crippen LogP contribution < -0.4 is 5.73 Å². The third kappa shape index (κ3) is 8.82. The summed E-state index contributed by atoms with van der Waals surface area (Å²) in [6.07, 6.45) is 10.2. The molecular formula is C16H31NO2. The molecule has 3 N–H and O–H groups in total. The van der Waals surface area contributed by atoms with Crippen LogP contribution in [0.15, 0.2) is 11.1 Å². The summed E-state index contributed by atoms with van der Waals surface area (Å²) >= 11 is 0. The highest BCUT2D eigenvalue weighted by Crippen LogP contribution is 2.22. The van der Waals surface area contributed by atoms with Crippen LogP contribution >= 0.6 is 0 Å². The zero-order chi connectivity index (χ0) is 14.5. The van der Waals surface area contributed by atoms with Crippen LogP contribution in [0.25, 0.3) is 0 Å². The van der Waals surface area contributed by atoms with E-state index in [1.165, 1.54) is 12.8 Å². The highest BCUT2D eigenvalue weighted by Gasteiger charge is 2.13. The molecule has 0 aromatic carbocycles. The van der Waals surface area contributed by atoms with Crippen LogP contribution in [-0.4, -0.2) is 17.6 Å². The smallest absolute Gasteiger partial charge is 0.331 e. The number of unbranched alkanes of at least 4 members (excludes halogenated alkanes) is 5. The third-order valence-electron chi connectivity index (χ3n) is 3.49. The Bertz CT molecular complexity index is 272. The lowest BCUT2D eigenvalue weighted by Gasteiger charge is -2.12. The van der Waals surface area contributed by atoms with Crippen LogP contribution in [0.1, 0.15) is 78.1 Å². The summed E-state index contributed by atoms with van der Waals surface area (Å²) in [7, 11) is 0. The van der Waals surface area contributed by atoms with Crippen LogP contribution in [0.5, 0.6) is 0 Å². The van der Waals surface area contributed by atoms with Crippen molar-refractivity contribution in [3.05, 3.63) is 11.1 Å². The van der Waals surface area contributed by atoms with Gasteiger partial charge < -0.3 is 10.8 Å². The molecule has 3 heteroatoms. The van der Waals surface area contributed by atoms with Gasteiger partial charge in [0, 0.05) is 5.57 Å². The maximum atomic E-state index is 11.4. The van der Waals surface area contributed by atoms with Gasteiger partial charge in [0.05, 0.1) is 0 Å². The van der Waals surface area contributed by atoms with Gasteiger partial charge in [0.25, 0.3) is 0 Å². The van der Waals surface area contributed by atoms with E-state index in [1.54, 1.807) is 0 Å². The van der Waals surface area contributed by atoms with E-state index in [-0.39, 0.29) is 0 Å². The fourth-order valence-corrected chi connectivity index (χ4v) is 2.35. The molecule has 0 fully saturated rings. The van der Waals surface area contributed by atoms with E-state index in [0.717, 1.165) is 50.5 Å². The van der Waals surface area contributed by atoms with E-state index in [1.807, 2.05) is 0 Å². The molecule has 0 saturated heterocycles. The second-order valence-electron chi connectivity index (χ2n) is 5.19. The van der Waals surface area contributed by atoms with Crippen molar-refractivity contribution in [1.29, 1.82) is 0 Å². The van der Waals surface area contributed by atoms with Gasteiger partial charge in [0.1, 0.15) is 0 Å². The first-order valence-corrected chi connectivity index (χ1v) is 7.81. The summed E-state index contributed by atoms with van der Waals surface area (Å²) in [6.45, 7) is 4.88. The predicted octanol–water partition coefficient (Wildman–Crippen LogP) is 4.27. The lowest BCUT2D eigenvalue weighted by Crippen LogP contribution is -2.09. The maximum absolute atomic E-state index is 11.4. The van der Waals surface area contributed by atoms with Crippen molar-refractivity contribution in [2.75, 3.05) is 6.54 Å². The van der Waals surface area contributed by atoms with Crippen LogP contribution in [0.2, 0.25) is 0 Å². The van der Waals surface area contributed by atoms with Crippen LogP contribution in [0.4, 0.5) is 0 Å². The van der Waals surface area contributed by atoms with Crippen LogP contribution in [-0.2, 0) is 4.79 Å². The molecule has 0 amide bonds. The first-order valence-electron chi connectivity index (χ1n) is 7.81. The van der Waals surface area contributed by atoms with Gasteiger partial charge in [-0.2, -0.15) is 0 Å². The molecule has 0 heterocycles. The predicted molar refractivity (Wildman–Crippen MR) is 81.2 cm³/mol. The Morgan fingerprint density at radius 1 is 0.895 bits per heavy atom. The Balaban J connectivity index is 4.56. The molecule has 0 rings (SSSR count). The molecule has 3 nitrogen and oxygen atoms in total. The van der Waals surface area contributed by atoms with Gasteiger partial charge in [-0.15, -0.1) is 0 Å². The van der Waals surface area contributed by atoms with Gasteiger partial charge in [-0.25, -0.2) is 4.79 Å². The number of carboxylic acids is 1. The summed E-state index contributed by atoms with van der Waals surface area (Å²) in [5.74, 6) is -0.739. The minimum Gasteiger partial charge on any atom is -0.478 e. The molecule has 0 aliphatic carbocycles. The molecule has 0 spiro atoms. The highest BCUT2D eigenvalue weighted by molar-refractivity contribution is 5.87. The van der Waals surface area contributed by atoms with Gasteiger partial charge in [-0.3, -0.25) is 0 Å². The Kier molecular flexibility index (Phi) is 11.7.